The Hall–Kier alpha value is -0.570. The summed E-state index contributed by atoms with van der Waals surface area (Å²) in [5.74, 6) is 0.650. The largest absolute Gasteiger partial charge is 0.378 e. The van der Waals surface area contributed by atoms with Crippen LogP contribution < -0.4 is 0 Å². The Morgan fingerprint density at radius 1 is 1.50 bits per heavy atom. The average molecular weight is 227 g/mol. The van der Waals surface area contributed by atoms with Crippen molar-refractivity contribution in [1.82, 2.24) is 4.90 Å². The molecule has 0 bridgehead atoms. The highest BCUT2D eigenvalue weighted by atomic mass is 16.5. The number of hydrogen-bond donors (Lipinski definition) is 0. The van der Waals surface area contributed by atoms with Crippen LogP contribution in [0.15, 0.2) is 0 Å². The van der Waals surface area contributed by atoms with Crippen LogP contribution in [0.3, 0.4) is 0 Å². The lowest BCUT2D eigenvalue weighted by molar-refractivity contribution is -0.138. The molecular weight excluding hydrogens is 202 g/mol. The SMILES string of the molecule is CC(C)C(C)(C)N(C)C(=O)CC1CCCO1. The Morgan fingerprint density at radius 3 is 2.56 bits per heavy atom. The molecule has 1 heterocycles. The second-order valence-electron chi connectivity index (χ2n) is 5.60. The summed E-state index contributed by atoms with van der Waals surface area (Å²) in [5, 5.41) is 0. The third-order valence-corrected chi connectivity index (χ3v) is 4.08. The Morgan fingerprint density at radius 2 is 2.12 bits per heavy atom. The van der Waals surface area contributed by atoms with Gasteiger partial charge in [-0.15, -0.1) is 0 Å². The zero-order chi connectivity index (χ0) is 12.3. The van der Waals surface area contributed by atoms with Crippen molar-refractivity contribution in [2.75, 3.05) is 13.7 Å². The van der Waals surface area contributed by atoms with Crippen molar-refractivity contribution in [2.45, 2.75) is 58.6 Å². The average Bonchev–Trinajstić information content (AvgIpc) is 2.68. The van der Waals surface area contributed by atoms with Gasteiger partial charge in [0.25, 0.3) is 0 Å². The molecule has 0 aliphatic carbocycles. The Kier molecular flexibility index (Phi) is 4.36. The summed E-state index contributed by atoms with van der Waals surface area (Å²) in [6.45, 7) is 9.34. The molecule has 1 aliphatic heterocycles. The molecule has 0 aromatic heterocycles. The molecule has 16 heavy (non-hydrogen) atoms. The molecule has 1 fully saturated rings. The number of carbonyl (C=O) groups is 1. The molecule has 1 atom stereocenters. The molecule has 0 saturated carbocycles. The smallest absolute Gasteiger partial charge is 0.225 e. The Labute approximate surface area is 99.1 Å². The van der Waals surface area contributed by atoms with Crippen LogP contribution in [0.2, 0.25) is 0 Å². The zero-order valence-electron chi connectivity index (χ0n) is 11.2. The van der Waals surface area contributed by atoms with Crippen LogP contribution in [0.25, 0.3) is 0 Å². The maximum absolute atomic E-state index is 12.1. The highest BCUT2D eigenvalue weighted by molar-refractivity contribution is 5.77. The van der Waals surface area contributed by atoms with Gasteiger partial charge in [-0.25, -0.2) is 0 Å². The molecule has 1 saturated heterocycles. The predicted molar refractivity (Wildman–Crippen MR) is 65.3 cm³/mol. The summed E-state index contributed by atoms with van der Waals surface area (Å²) in [6.07, 6.45) is 2.81. The number of amides is 1. The maximum atomic E-state index is 12.1. The Balaban J connectivity index is 2.52. The van der Waals surface area contributed by atoms with E-state index in [0.717, 1.165) is 19.4 Å². The van der Waals surface area contributed by atoms with Gasteiger partial charge < -0.3 is 9.64 Å². The monoisotopic (exact) mass is 227 g/mol. The number of ether oxygens (including phenoxy) is 1. The fraction of sp³-hybridized carbons (Fsp3) is 0.923. The number of carbonyl (C=O) groups excluding carboxylic acids is 1. The van der Waals surface area contributed by atoms with Crippen LogP contribution in [-0.2, 0) is 9.53 Å². The van der Waals surface area contributed by atoms with Gasteiger partial charge in [0.1, 0.15) is 0 Å². The van der Waals surface area contributed by atoms with Crippen molar-refractivity contribution in [3.8, 4) is 0 Å². The van der Waals surface area contributed by atoms with E-state index in [1.54, 1.807) is 0 Å². The molecule has 94 valence electrons. The third kappa shape index (κ3) is 2.97. The van der Waals surface area contributed by atoms with Crippen LogP contribution in [0.1, 0.15) is 47.0 Å². The maximum Gasteiger partial charge on any atom is 0.225 e. The molecule has 1 aliphatic rings. The number of rotatable bonds is 4. The molecule has 0 N–H and O–H groups in total. The second-order valence-corrected chi connectivity index (χ2v) is 5.60. The predicted octanol–water partition coefficient (Wildman–Crippen LogP) is 2.45. The van der Waals surface area contributed by atoms with E-state index in [1.165, 1.54) is 0 Å². The van der Waals surface area contributed by atoms with E-state index in [1.807, 2.05) is 11.9 Å². The fourth-order valence-corrected chi connectivity index (χ4v) is 1.85. The molecule has 3 nitrogen and oxygen atoms in total. The van der Waals surface area contributed by atoms with E-state index in [9.17, 15) is 4.79 Å². The van der Waals surface area contributed by atoms with Crippen LogP contribution >= 0.6 is 0 Å². The summed E-state index contributed by atoms with van der Waals surface area (Å²) in [5.41, 5.74) is -0.0876. The molecular formula is C13H25NO2. The highest BCUT2D eigenvalue weighted by Gasteiger charge is 2.32. The van der Waals surface area contributed by atoms with Crippen LogP contribution in [0, 0.1) is 5.92 Å². The summed E-state index contributed by atoms with van der Waals surface area (Å²) in [4.78, 5) is 14.0. The number of nitrogens with zero attached hydrogens (tertiary/aromatic N) is 1. The van der Waals surface area contributed by atoms with Crippen LogP contribution in [0.4, 0.5) is 0 Å². The molecule has 0 aromatic carbocycles. The first-order valence-corrected chi connectivity index (χ1v) is 6.24. The van der Waals surface area contributed by atoms with Gasteiger partial charge in [-0.2, -0.15) is 0 Å². The van der Waals surface area contributed by atoms with E-state index in [2.05, 4.69) is 27.7 Å². The summed E-state index contributed by atoms with van der Waals surface area (Å²) < 4.78 is 5.50. The van der Waals surface area contributed by atoms with E-state index in [4.69, 9.17) is 4.74 Å². The van der Waals surface area contributed by atoms with Gasteiger partial charge in [-0.3, -0.25) is 4.79 Å². The topological polar surface area (TPSA) is 29.5 Å². The van der Waals surface area contributed by atoms with Gasteiger partial charge in [0, 0.05) is 19.2 Å². The van der Waals surface area contributed by atoms with Crippen LogP contribution in [-0.4, -0.2) is 36.1 Å². The summed E-state index contributed by atoms with van der Waals surface area (Å²) >= 11 is 0. The van der Waals surface area contributed by atoms with Crippen molar-refractivity contribution in [3.63, 3.8) is 0 Å². The minimum absolute atomic E-state index is 0.0876. The summed E-state index contributed by atoms with van der Waals surface area (Å²) in [6, 6.07) is 0. The minimum atomic E-state index is -0.0876. The lowest BCUT2D eigenvalue weighted by Crippen LogP contribution is -2.49. The van der Waals surface area contributed by atoms with E-state index < -0.39 is 0 Å². The highest BCUT2D eigenvalue weighted by Crippen LogP contribution is 2.25. The third-order valence-electron chi connectivity index (χ3n) is 4.08. The molecule has 1 rings (SSSR count). The molecule has 3 heteroatoms. The van der Waals surface area contributed by atoms with Crippen molar-refractivity contribution < 1.29 is 9.53 Å². The van der Waals surface area contributed by atoms with Gasteiger partial charge >= 0.3 is 0 Å². The van der Waals surface area contributed by atoms with Gasteiger partial charge in [0.05, 0.1) is 12.5 Å². The van der Waals surface area contributed by atoms with Gasteiger partial charge in [-0.1, -0.05) is 13.8 Å². The molecule has 1 unspecified atom stereocenters. The van der Waals surface area contributed by atoms with E-state index in [0.29, 0.717) is 12.3 Å². The second kappa shape index (κ2) is 5.17. The zero-order valence-corrected chi connectivity index (χ0v) is 11.2. The quantitative estimate of drug-likeness (QED) is 0.738. The lowest BCUT2D eigenvalue weighted by atomic mass is 9.88. The Bertz CT molecular complexity index is 242. The first kappa shape index (κ1) is 13.5. The van der Waals surface area contributed by atoms with Crippen LogP contribution in [0.5, 0.6) is 0 Å². The number of hydrogen-bond acceptors (Lipinski definition) is 2. The normalized spacial score (nSPS) is 21.5. The summed E-state index contributed by atoms with van der Waals surface area (Å²) in [7, 11) is 1.90. The van der Waals surface area contributed by atoms with Gasteiger partial charge in [0.15, 0.2) is 0 Å². The van der Waals surface area contributed by atoms with Crippen molar-refractivity contribution in [3.05, 3.63) is 0 Å². The van der Waals surface area contributed by atoms with Crippen molar-refractivity contribution in [1.29, 1.82) is 0 Å². The fourth-order valence-electron chi connectivity index (χ4n) is 1.85. The lowest BCUT2D eigenvalue weighted by Gasteiger charge is -2.39. The molecule has 0 spiro atoms. The minimum Gasteiger partial charge on any atom is -0.378 e. The standard InChI is InChI=1S/C13H25NO2/c1-10(2)13(3,4)14(5)12(15)9-11-7-6-8-16-11/h10-11H,6-9H2,1-5H3. The van der Waals surface area contributed by atoms with Crippen molar-refractivity contribution >= 4 is 5.91 Å². The van der Waals surface area contributed by atoms with Gasteiger partial charge in [-0.05, 0) is 32.6 Å². The van der Waals surface area contributed by atoms with E-state index in [-0.39, 0.29) is 17.6 Å². The van der Waals surface area contributed by atoms with Gasteiger partial charge in [0.2, 0.25) is 5.91 Å². The molecule has 1 amide bonds. The molecule has 0 aromatic rings. The first-order chi connectivity index (χ1) is 7.35. The van der Waals surface area contributed by atoms with Crippen molar-refractivity contribution in [2.24, 2.45) is 5.92 Å². The molecule has 0 radical (unpaired) electrons. The first-order valence-electron chi connectivity index (χ1n) is 6.24. The van der Waals surface area contributed by atoms with E-state index >= 15 is 0 Å².